The first kappa shape index (κ1) is 14.0. The summed E-state index contributed by atoms with van der Waals surface area (Å²) in [5.41, 5.74) is 2.45. The minimum Gasteiger partial charge on any atom is -0.362 e. The first-order valence-corrected chi connectivity index (χ1v) is 6.73. The monoisotopic (exact) mass is 250 g/mol. The van der Waals surface area contributed by atoms with Gasteiger partial charge in [0.1, 0.15) is 0 Å². The molecule has 0 unspecified atom stereocenters. The van der Waals surface area contributed by atoms with E-state index in [0.29, 0.717) is 11.0 Å². The minimum absolute atomic E-state index is 0.549. The number of anilines is 1. The van der Waals surface area contributed by atoms with Crippen LogP contribution in [0.25, 0.3) is 0 Å². The van der Waals surface area contributed by atoms with E-state index < -0.39 is 0 Å². The first-order chi connectivity index (χ1) is 8.19. The van der Waals surface area contributed by atoms with E-state index >= 15 is 0 Å². The highest BCUT2D eigenvalue weighted by atomic mass is 32.1. The standard InChI is InChI=1S/C14H22N2S/c1-4-10-15-14(17)16-13-9-7-6-8-12(13)11(3)5-2/h6-9,11H,4-5,10H2,1-3H3,(H2,15,16,17)/t11-/m1/s1. The second kappa shape index (κ2) is 7.28. The summed E-state index contributed by atoms with van der Waals surface area (Å²) in [5, 5.41) is 7.18. The van der Waals surface area contributed by atoms with Crippen molar-refractivity contribution in [2.24, 2.45) is 0 Å². The van der Waals surface area contributed by atoms with Crippen molar-refractivity contribution in [2.75, 3.05) is 11.9 Å². The van der Waals surface area contributed by atoms with E-state index in [1.165, 1.54) is 5.56 Å². The molecule has 0 aliphatic heterocycles. The van der Waals surface area contributed by atoms with Crippen LogP contribution in [0.15, 0.2) is 24.3 Å². The summed E-state index contributed by atoms with van der Waals surface area (Å²) in [6, 6.07) is 8.37. The third kappa shape index (κ3) is 4.35. The highest BCUT2D eigenvalue weighted by molar-refractivity contribution is 7.80. The van der Waals surface area contributed by atoms with Gasteiger partial charge in [-0.3, -0.25) is 0 Å². The number of nitrogens with one attached hydrogen (secondary N) is 2. The molecule has 0 spiro atoms. The van der Waals surface area contributed by atoms with Gasteiger partial charge in [-0.05, 0) is 42.6 Å². The van der Waals surface area contributed by atoms with Crippen LogP contribution in [0.1, 0.15) is 45.1 Å². The van der Waals surface area contributed by atoms with Crippen molar-refractivity contribution in [1.29, 1.82) is 0 Å². The fourth-order valence-corrected chi connectivity index (χ4v) is 1.88. The van der Waals surface area contributed by atoms with Gasteiger partial charge in [-0.15, -0.1) is 0 Å². The lowest BCUT2D eigenvalue weighted by Gasteiger charge is -2.17. The van der Waals surface area contributed by atoms with E-state index in [4.69, 9.17) is 12.2 Å². The zero-order valence-electron chi connectivity index (χ0n) is 10.9. The normalized spacial score (nSPS) is 11.9. The molecule has 17 heavy (non-hydrogen) atoms. The maximum atomic E-state index is 5.26. The minimum atomic E-state index is 0.549. The Labute approximate surface area is 110 Å². The van der Waals surface area contributed by atoms with Crippen LogP contribution in [0.5, 0.6) is 0 Å². The van der Waals surface area contributed by atoms with E-state index in [1.54, 1.807) is 0 Å². The molecule has 0 fully saturated rings. The lowest BCUT2D eigenvalue weighted by molar-refractivity contribution is 0.735. The number of hydrogen-bond donors (Lipinski definition) is 2. The molecule has 2 nitrogen and oxygen atoms in total. The SMILES string of the molecule is CCCNC(=S)Nc1ccccc1[C@H](C)CC. The fraction of sp³-hybridized carbons (Fsp3) is 0.500. The van der Waals surface area contributed by atoms with Crippen molar-refractivity contribution >= 4 is 23.0 Å². The molecule has 0 bridgehead atoms. The van der Waals surface area contributed by atoms with Crippen LogP contribution in [-0.2, 0) is 0 Å². The molecular formula is C14H22N2S. The van der Waals surface area contributed by atoms with Gasteiger partial charge >= 0.3 is 0 Å². The molecule has 0 saturated carbocycles. The van der Waals surface area contributed by atoms with Crippen molar-refractivity contribution in [3.63, 3.8) is 0 Å². The summed E-state index contributed by atoms with van der Waals surface area (Å²) in [5.74, 6) is 0.549. The summed E-state index contributed by atoms with van der Waals surface area (Å²) in [6.07, 6.45) is 2.21. The number of para-hydroxylation sites is 1. The van der Waals surface area contributed by atoms with E-state index in [9.17, 15) is 0 Å². The van der Waals surface area contributed by atoms with Crippen LogP contribution < -0.4 is 10.6 Å². The van der Waals surface area contributed by atoms with Gasteiger partial charge in [-0.1, -0.05) is 39.0 Å². The van der Waals surface area contributed by atoms with Crippen LogP contribution in [0.2, 0.25) is 0 Å². The molecule has 1 aromatic carbocycles. The Morgan fingerprint density at radius 3 is 2.65 bits per heavy atom. The van der Waals surface area contributed by atoms with E-state index in [-0.39, 0.29) is 0 Å². The largest absolute Gasteiger partial charge is 0.362 e. The van der Waals surface area contributed by atoms with Crippen LogP contribution in [0.3, 0.4) is 0 Å². The molecule has 94 valence electrons. The highest BCUT2D eigenvalue weighted by Gasteiger charge is 2.08. The lowest BCUT2D eigenvalue weighted by atomic mass is 9.97. The fourth-order valence-electron chi connectivity index (χ4n) is 1.67. The van der Waals surface area contributed by atoms with Gasteiger partial charge < -0.3 is 10.6 Å². The lowest BCUT2D eigenvalue weighted by Crippen LogP contribution is -2.29. The molecule has 0 heterocycles. The molecule has 0 radical (unpaired) electrons. The van der Waals surface area contributed by atoms with Gasteiger partial charge in [-0.25, -0.2) is 0 Å². The van der Waals surface area contributed by atoms with Gasteiger partial charge in [0.05, 0.1) is 0 Å². The van der Waals surface area contributed by atoms with Gasteiger partial charge in [0.2, 0.25) is 0 Å². The molecule has 0 aliphatic rings. The van der Waals surface area contributed by atoms with Gasteiger partial charge in [-0.2, -0.15) is 0 Å². The average Bonchev–Trinajstić information content (AvgIpc) is 2.36. The molecular weight excluding hydrogens is 228 g/mol. The molecule has 0 aromatic heterocycles. The van der Waals surface area contributed by atoms with Gasteiger partial charge in [0.15, 0.2) is 5.11 Å². The maximum absolute atomic E-state index is 5.26. The summed E-state index contributed by atoms with van der Waals surface area (Å²) in [4.78, 5) is 0. The zero-order valence-corrected chi connectivity index (χ0v) is 11.7. The smallest absolute Gasteiger partial charge is 0.170 e. The van der Waals surface area contributed by atoms with Crippen molar-refractivity contribution < 1.29 is 0 Å². The second-order valence-corrected chi connectivity index (χ2v) is 4.69. The summed E-state index contributed by atoms with van der Waals surface area (Å²) in [6.45, 7) is 7.48. The van der Waals surface area contributed by atoms with Crippen LogP contribution in [-0.4, -0.2) is 11.7 Å². The number of rotatable bonds is 5. The van der Waals surface area contributed by atoms with Crippen molar-refractivity contribution in [2.45, 2.75) is 39.5 Å². The van der Waals surface area contributed by atoms with E-state index in [1.807, 2.05) is 6.07 Å². The Morgan fingerprint density at radius 2 is 2.00 bits per heavy atom. The van der Waals surface area contributed by atoms with Crippen molar-refractivity contribution in [3.8, 4) is 0 Å². The van der Waals surface area contributed by atoms with Crippen LogP contribution in [0.4, 0.5) is 5.69 Å². The third-order valence-electron chi connectivity index (χ3n) is 2.89. The molecule has 1 rings (SSSR count). The topological polar surface area (TPSA) is 24.1 Å². The number of benzene rings is 1. The molecule has 2 N–H and O–H groups in total. The highest BCUT2D eigenvalue weighted by Crippen LogP contribution is 2.26. The molecule has 3 heteroatoms. The summed E-state index contributed by atoms with van der Waals surface area (Å²) < 4.78 is 0. The summed E-state index contributed by atoms with van der Waals surface area (Å²) in [7, 11) is 0. The Balaban J connectivity index is 2.73. The zero-order chi connectivity index (χ0) is 12.7. The molecule has 0 aliphatic carbocycles. The van der Waals surface area contributed by atoms with Crippen LogP contribution in [0, 0.1) is 0 Å². The number of hydrogen-bond acceptors (Lipinski definition) is 1. The van der Waals surface area contributed by atoms with Crippen molar-refractivity contribution in [1.82, 2.24) is 5.32 Å². The van der Waals surface area contributed by atoms with Crippen LogP contribution >= 0.6 is 12.2 Å². The average molecular weight is 250 g/mol. The first-order valence-electron chi connectivity index (χ1n) is 6.32. The quantitative estimate of drug-likeness (QED) is 0.775. The van der Waals surface area contributed by atoms with E-state index in [0.717, 1.165) is 25.1 Å². The molecule has 1 aromatic rings. The maximum Gasteiger partial charge on any atom is 0.170 e. The molecule has 1 atom stereocenters. The molecule has 0 amide bonds. The predicted octanol–water partition coefficient (Wildman–Crippen LogP) is 3.90. The number of thiocarbonyl (C=S) groups is 1. The van der Waals surface area contributed by atoms with Crippen molar-refractivity contribution in [3.05, 3.63) is 29.8 Å². The Kier molecular flexibility index (Phi) is 5.98. The van der Waals surface area contributed by atoms with Gasteiger partial charge in [0, 0.05) is 12.2 Å². The third-order valence-corrected chi connectivity index (χ3v) is 3.13. The van der Waals surface area contributed by atoms with Gasteiger partial charge in [0.25, 0.3) is 0 Å². The predicted molar refractivity (Wildman–Crippen MR) is 79.7 cm³/mol. The van der Waals surface area contributed by atoms with E-state index in [2.05, 4.69) is 49.6 Å². The summed E-state index contributed by atoms with van der Waals surface area (Å²) >= 11 is 5.26. The Hall–Kier alpha value is -1.09. The second-order valence-electron chi connectivity index (χ2n) is 4.28. The Morgan fingerprint density at radius 1 is 1.29 bits per heavy atom. The Bertz CT molecular complexity index is 363. The molecule has 0 saturated heterocycles.